The van der Waals surface area contributed by atoms with Crippen LogP contribution in [0, 0.1) is 0 Å². The first kappa shape index (κ1) is 20.4. The number of nitrogens with zero attached hydrogens (tertiary/aromatic N) is 1. The van der Waals surface area contributed by atoms with Crippen LogP contribution >= 0.6 is 0 Å². The lowest BCUT2D eigenvalue weighted by Crippen LogP contribution is -2.64. The highest BCUT2D eigenvalue weighted by molar-refractivity contribution is 6.35. The molecule has 4 atom stereocenters. The summed E-state index contributed by atoms with van der Waals surface area (Å²) in [4.78, 5) is 26.2. The number of carbonyl (C=O) groups excluding carboxylic acids is 2. The van der Waals surface area contributed by atoms with Crippen LogP contribution in [-0.4, -0.2) is 88.6 Å². The number of nitrogens with two attached hydrogens (primary N) is 1. The minimum atomic E-state index is -1.48. The molecule has 3 aliphatic rings. The molecule has 0 radical (unpaired) electrons. The molecule has 10 nitrogen and oxygen atoms in total. The molecule has 3 aliphatic heterocycles. The maximum atomic E-state index is 12.4. The first-order chi connectivity index (χ1) is 12.4. The van der Waals surface area contributed by atoms with Gasteiger partial charge in [-0.3, -0.25) is 9.59 Å². The van der Waals surface area contributed by atoms with Crippen molar-refractivity contribution in [2.24, 2.45) is 5.73 Å². The predicted molar refractivity (Wildman–Crippen MR) is 92.1 cm³/mol. The van der Waals surface area contributed by atoms with Crippen molar-refractivity contribution in [1.29, 1.82) is 0 Å². The standard InChI is InChI=1S/C17H29N3O7/c1-15(2)26-12-11(22)10(21)8-25-17(12,27-15)9-19-13(23)14(24)20-6-4-16(3,18)5-7-20/h10-12,21-22H,4-9,18H2,1-3H3,(H,19,23). The Labute approximate surface area is 157 Å². The van der Waals surface area contributed by atoms with E-state index in [0.717, 1.165) is 0 Å². The Morgan fingerprint density at radius 3 is 2.48 bits per heavy atom. The van der Waals surface area contributed by atoms with Crippen LogP contribution in [0.3, 0.4) is 0 Å². The Morgan fingerprint density at radius 1 is 1.22 bits per heavy atom. The van der Waals surface area contributed by atoms with E-state index in [1.54, 1.807) is 13.8 Å². The van der Waals surface area contributed by atoms with Crippen molar-refractivity contribution in [2.45, 2.75) is 69.0 Å². The van der Waals surface area contributed by atoms with E-state index >= 15 is 0 Å². The number of likely N-dealkylation sites (tertiary alicyclic amines) is 1. The van der Waals surface area contributed by atoms with Crippen LogP contribution < -0.4 is 11.1 Å². The fourth-order valence-electron chi connectivity index (χ4n) is 3.69. The van der Waals surface area contributed by atoms with Crippen LogP contribution in [0.15, 0.2) is 0 Å². The van der Waals surface area contributed by atoms with Crippen LogP contribution in [0.25, 0.3) is 0 Å². The van der Waals surface area contributed by atoms with Gasteiger partial charge in [-0.15, -0.1) is 0 Å². The third kappa shape index (κ3) is 4.10. The SMILES string of the molecule is CC1(N)CCN(C(=O)C(=O)NCC23OCC(O)C(O)C2OC(C)(C)O3)CC1. The van der Waals surface area contributed by atoms with Gasteiger partial charge in [-0.1, -0.05) is 0 Å². The van der Waals surface area contributed by atoms with E-state index in [4.69, 9.17) is 19.9 Å². The van der Waals surface area contributed by atoms with Crippen molar-refractivity contribution in [2.75, 3.05) is 26.2 Å². The number of nitrogens with one attached hydrogen (secondary N) is 1. The van der Waals surface area contributed by atoms with Crippen molar-refractivity contribution >= 4 is 11.8 Å². The summed E-state index contributed by atoms with van der Waals surface area (Å²) in [7, 11) is 0. The molecular weight excluding hydrogens is 358 g/mol. The van der Waals surface area contributed by atoms with Gasteiger partial charge in [0.25, 0.3) is 0 Å². The molecule has 3 saturated heterocycles. The Bertz CT molecular complexity index is 601. The summed E-state index contributed by atoms with van der Waals surface area (Å²) in [5, 5.41) is 22.6. The molecule has 0 aliphatic carbocycles. The fraction of sp³-hybridized carbons (Fsp3) is 0.882. The lowest BCUT2D eigenvalue weighted by Gasteiger charge is -2.41. The lowest BCUT2D eigenvalue weighted by atomic mass is 9.91. The minimum Gasteiger partial charge on any atom is -0.388 e. The largest absolute Gasteiger partial charge is 0.388 e. The fourth-order valence-corrected chi connectivity index (χ4v) is 3.69. The number of aliphatic hydroxyl groups is 2. The number of carbonyl (C=O) groups is 2. The molecule has 5 N–H and O–H groups in total. The van der Waals surface area contributed by atoms with E-state index < -0.39 is 41.7 Å². The molecule has 3 fully saturated rings. The van der Waals surface area contributed by atoms with Gasteiger partial charge in [0.05, 0.1) is 13.2 Å². The van der Waals surface area contributed by atoms with Gasteiger partial charge in [-0.05, 0) is 33.6 Å². The molecule has 27 heavy (non-hydrogen) atoms. The molecule has 0 aromatic rings. The molecule has 10 heteroatoms. The van der Waals surface area contributed by atoms with Crippen molar-refractivity contribution in [3.63, 3.8) is 0 Å². The van der Waals surface area contributed by atoms with Gasteiger partial charge in [-0.2, -0.15) is 0 Å². The zero-order valence-corrected chi connectivity index (χ0v) is 15.9. The molecule has 0 aromatic carbocycles. The van der Waals surface area contributed by atoms with Crippen molar-refractivity contribution in [1.82, 2.24) is 10.2 Å². The normalized spacial score (nSPS) is 37.6. The highest BCUT2D eigenvalue weighted by atomic mass is 16.8. The summed E-state index contributed by atoms with van der Waals surface area (Å²) in [6.45, 7) is 5.66. The number of piperidine rings is 1. The van der Waals surface area contributed by atoms with E-state index in [1.165, 1.54) is 4.90 Å². The minimum absolute atomic E-state index is 0.178. The number of hydrogen-bond donors (Lipinski definition) is 4. The van der Waals surface area contributed by atoms with E-state index in [-0.39, 0.29) is 18.7 Å². The van der Waals surface area contributed by atoms with E-state index in [0.29, 0.717) is 25.9 Å². The second kappa shape index (κ2) is 6.94. The highest BCUT2D eigenvalue weighted by Crippen LogP contribution is 2.41. The number of hydrogen-bond acceptors (Lipinski definition) is 8. The van der Waals surface area contributed by atoms with E-state index in [1.807, 2.05) is 6.92 Å². The number of fused-ring (bicyclic) bond motifs is 1. The van der Waals surface area contributed by atoms with Crippen LogP contribution in [0.4, 0.5) is 0 Å². The first-order valence-electron chi connectivity index (χ1n) is 9.19. The van der Waals surface area contributed by atoms with Gasteiger partial charge in [0.1, 0.15) is 18.3 Å². The Hall–Kier alpha value is -1.30. The van der Waals surface area contributed by atoms with Gasteiger partial charge in [-0.25, -0.2) is 0 Å². The second-order valence-corrected chi connectivity index (χ2v) is 8.35. The molecule has 2 amide bonds. The van der Waals surface area contributed by atoms with Crippen LogP contribution in [0.5, 0.6) is 0 Å². The van der Waals surface area contributed by atoms with Crippen LogP contribution in [0.1, 0.15) is 33.6 Å². The number of ether oxygens (including phenoxy) is 3. The van der Waals surface area contributed by atoms with Crippen molar-refractivity contribution in [3.05, 3.63) is 0 Å². The summed E-state index contributed by atoms with van der Waals surface area (Å²) in [5.41, 5.74) is 5.72. The predicted octanol–water partition coefficient (Wildman–Crippen LogP) is -1.96. The van der Waals surface area contributed by atoms with Gasteiger partial charge >= 0.3 is 11.8 Å². The Kier molecular flexibility index (Phi) is 5.26. The summed E-state index contributed by atoms with van der Waals surface area (Å²) in [6.07, 6.45) is -2.12. The number of rotatable bonds is 2. The van der Waals surface area contributed by atoms with E-state index in [9.17, 15) is 19.8 Å². The number of aliphatic hydroxyl groups excluding tert-OH is 2. The molecular formula is C17H29N3O7. The average Bonchev–Trinajstić information content (AvgIpc) is 2.87. The van der Waals surface area contributed by atoms with Gasteiger partial charge in [0.15, 0.2) is 5.79 Å². The van der Waals surface area contributed by atoms with Gasteiger partial charge < -0.3 is 40.4 Å². The zero-order chi connectivity index (χ0) is 20.0. The van der Waals surface area contributed by atoms with Crippen LogP contribution in [0.2, 0.25) is 0 Å². The molecule has 154 valence electrons. The Morgan fingerprint density at radius 2 is 1.85 bits per heavy atom. The topological polar surface area (TPSA) is 144 Å². The third-order valence-electron chi connectivity index (χ3n) is 5.35. The maximum absolute atomic E-state index is 12.4. The monoisotopic (exact) mass is 387 g/mol. The van der Waals surface area contributed by atoms with Crippen molar-refractivity contribution in [3.8, 4) is 0 Å². The molecule has 0 saturated carbocycles. The smallest absolute Gasteiger partial charge is 0.311 e. The second-order valence-electron chi connectivity index (χ2n) is 8.35. The van der Waals surface area contributed by atoms with Gasteiger partial charge in [0, 0.05) is 18.6 Å². The quantitative estimate of drug-likeness (QED) is 0.400. The summed E-state index contributed by atoms with van der Waals surface area (Å²) >= 11 is 0. The summed E-state index contributed by atoms with van der Waals surface area (Å²) in [6, 6.07) is 0. The zero-order valence-electron chi connectivity index (χ0n) is 15.9. The average molecular weight is 387 g/mol. The lowest BCUT2D eigenvalue weighted by molar-refractivity contribution is -0.288. The molecule has 4 unspecified atom stereocenters. The molecule has 0 aromatic heterocycles. The van der Waals surface area contributed by atoms with E-state index in [2.05, 4.69) is 5.32 Å². The third-order valence-corrected chi connectivity index (χ3v) is 5.35. The van der Waals surface area contributed by atoms with Crippen molar-refractivity contribution < 1.29 is 34.0 Å². The maximum Gasteiger partial charge on any atom is 0.311 e. The molecule has 3 rings (SSSR count). The van der Waals surface area contributed by atoms with Gasteiger partial charge in [0.2, 0.25) is 5.79 Å². The van der Waals surface area contributed by atoms with Crippen LogP contribution in [-0.2, 0) is 23.8 Å². The molecule has 0 bridgehead atoms. The highest BCUT2D eigenvalue weighted by Gasteiger charge is 2.61. The molecule has 0 spiro atoms. The first-order valence-corrected chi connectivity index (χ1v) is 9.19. The summed E-state index contributed by atoms with van der Waals surface area (Å²) in [5.74, 6) is -3.99. The molecule has 3 heterocycles. The number of amides is 2. The Balaban J connectivity index is 1.62. The summed E-state index contributed by atoms with van der Waals surface area (Å²) < 4.78 is 17.0.